The van der Waals surface area contributed by atoms with Gasteiger partial charge in [-0.25, -0.2) is 8.78 Å². The molecule has 0 fully saturated rings. The van der Waals surface area contributed by atoms with Gasteiger partial charge >= 0.3 is 0 Å². The summed E-state index contributed by atoms with van der Waals surface area (Å²) < 4.78 is 25.8. The van der Waals surface area contributed by atoms with E-state index >= 15 is 0 Å². The van der Waals surface area contributed by atoms with Crippen molar-refractivity contribution in [2.45, 2.75) is 19.4 Å². The maximum atomic E-state index is 12.9. The van der Waals surface area contributed by atoms with Gasteiger partial charge in [0.25, 0.3) is 0 Å². The molecule has 0 amide bonds. The third-order valence-corrected chi connectivity index (χ3v) is 2.05. The number of nitrogens with two attached hydrogens (primary N) is 1. The number of benzene rings is 1. The van der Waals surface area contributed by atoms with E-state index < -0.39 is 17.4 Å². The van der Waals surface area contributed by atoms with Crippen LogP contribution in [0.15, 0.2) is 12.1 Å². The second kappa shape index (κ2) is 4.34. The third-order valence-electron chi connectivity index (χ3n) is 2.05. The fraction of sp³-hybridized carbons (Fsp3) is 0.333. The number of hydrogen-bond acceptors (Lipinski definition) is 3. The van der Waals surface area contributed by atoms with Crippen LogP contribution >= 0.6 is 0 Å². The van der Waals surface area contributed by atoms with E-state index in [1.807, 2.05) is 6.92 Å². The van der Waals surface area contributed by atoms with Crippen LogP contribution in [0.5, 0.6) is 5.75 Å². The summed E-state index contributed by atoms with van der Waals surface area (Å²) in [5.74, 6) is 2.28. The van der Waals surface area contributed by atoms with Crippen LogP contribution in [0, 0.1) is 11.6 Å². The smallest absolute Gasteiger partial charge is 0.187 e. The highest BCUT2D eigenvalue weighted by molar-refractivity contribution is 5.31. The molecule has 1 rings (SSSR count). The summed E-state index contributed by atoms with van der Waals surface area (Å²) in [4.78, 5) is 0. The Kier molecular flexibility index (Phi) is 3.38. The van der Waals surface area contributed by atoms with E-state index in [9.17, 15) is 8.78 Å². The van der Waals surface area contributed by atoms with Gasteiger partial charge in [-0.2, -0.15) is 0 Å². The first-order valence-electron chi connectivity index (χ1n) is 4.24. The highest BCUT2D eigenvalue weighted by Crippen LogP contribution is 2.25. The quantitative estimate of drug-likeness (QED) is 0.515. The van der Waals surface area contributed by atoms with Crippen molar-refractivity contribution in [2.24, 2.45) is 5.84 Å². The zero-order valence-corrected chi connectivity index (χ0v) is 7.72. The number of hydrogen-bond donors (Lipinski definition) is 3. The number of phenols is 1. The van der Waals surface area contributed by atoms with Crippen molar-refractivity contribution in [3.8, 4) is 5.75 Å². The lowest BCUT2D eigenvalue weighted by Gasteiger charge is -2.14. The number of phenolic OH excluding ortho intramolecular Hbond substituents is 1. The van der Waals surface area contributed by atoms with Crippen molar-refractivity contribution in [3.63, 3.8) is 0 Å². The standard InChI is InChI=1S/C9H12F2N2O/c1-2-8(13-12)5-3-6(10)9(14)7(11)4-5/h3-4,8,13-14H,2,12H2,1H3/t8-/m0/s1. The lowest BCUT2D eigenvalue weighted by molar-refractivity contribution is 0.393. The Hall–Kier alpha value is -1.20. The predicted molar refractivity (Wildman–Crippen MR) is 48.4 cm³/mol. The number of rotatable bonds is 3. The van der Waals surface area contributed by atoms with Gasteiger partial charge in [-0.15, -0.1) is 0 Å². The van der Waals surface area contributed by atoms with Crippen molar-refractivity contribution >= 4 is 0 Å². The monoisotopic (exact) mass is 202 g/mol. The molecule has 1 atom stereocenters. The average Bonchev–Trinajstić information content (AvgIpc) is 2.16. The third kappa shape index (κ3) is 2.00. The topological polar surface area (TPSA) is 58.3 Å². The highest BCUT2D eigenvalue weighted by Gasteiger charge is 2.14. The van der Waals surface area contributed by atoms with Crippen LogP contribution in [0.4, 0.5) is 8.78 Å². The van der Waals surface area contributed by atoms with Crippen molar-refractivity contribution < 1.29 is 13.9 Å². The fourth-order valence-corrected chi connectivity index (χ4v) is 1.24. The Morgan fingerprint density at radius 1 is 1.43 bits per heavy atom. The lowest BCUT2D eigenvalue weighted by atomic mass is 10.0. The number of halogens is 2. The zero-order valence-electron chi connectivity index (χ0n) is 7.72. The summed E-state index contributed by atoms with van der Waals surface area (Å²) >= 11 is 0. The average molecular weight is 202 g/mol. The highest BCUT2D eigenvalue weighted by atomic mass is 19.1. The van der Waals surface area contributed by atoms with Crippen LogP contribution in [0.2, 0.25) is 0 Å². The van der Waals surface area contributed by atoms with Gasteiger partial charge in [0.1, 0.15) is 0 Å². The number of nitrogens with one attached hydrogen (secondary N) is 1. The van der Waals surface area contributed by atoms with E-state index in [4.69, 9.17) is 10.9 Å². The molecular weight excluding hydrogens is 190 g/mol. The SMILES string of the molecule is CC[C@H](NN)c1cc(F)c(O)c(F)c1. The Morgan fingerprint density at radius 2 is 1.93 bits per heavy atom. The van der Waals surface area contributed by atoms with Crippen LogP contribution < -0.4 is 11.3 Å². The molecule has 0 radical (unpaired) electrons. The molecule has 14 heavy (non-hydrogen) atoms. The lowest BCUT2D eigenvalue weighted by Crippen LogP contribution is -2.27. The minimum absolute atomic E-state index is 0.320. The largest absolute Gasteiger partial charge is 0.503 e. The summed E-state index contributed by atoms with van der Waals surface area (Å²) in [6.45, 7) is 1.83. The van der Waals surface area contributed by atoms with Crippen molar-refractivity contribution in [1.29, 1.82) is 0 Å². The van der Waals surface area contributed by atoms with Gasteiger partial charge in [0.2, 0.25) is 0 Å². The Bertz CT molecular complexity index is 304. The van der Waals surface area contributed by atoms with E-state index in [1.165, 1.54) is 0 Å². The molecule has 0 unspecified atom stereocenters. The van der Waals surface area contributed by atoms with E-state index in [0.717, 1.165) is 12.1 Å². The first-order chi connectivity index (χ1) is 6.60. The fourth-order valence-electron chi connectivity index (χ4n) is 1.24. The van der Waals surface area contributed by atoms with Gasteiger partial charge in [-0.05, 0) is 24.1 Å². The molecule has 4 N–H and O–H groups in total. The molecule has 0 aliphatic carbocycles. The first-order valence-corrected chi connectivity index (χ1v) is 4.24. The Balaban J connectivity index is 3.11. The molecular formula is C9H12F2N2O. The van der Waals surface area contributed by atoms with Gasteiger partial charge in [-0.1, -0.05) is 6.92 Å². The van der Waals surface area contributed by atoms with Gasteiger partial charge < -0.3 is 5.11 Å². The zero-order chi connectivity index (χ0) is 10.7. The molecule has 1 aromatic rings. The van der Waals surface area contributed by atoms with E-state index in [-0.39, 0.29) is 6.04 Å². The summed E-state index contributed by atoms with van der Waals surface area (Å²) in [6.07, 6.45) is 0.597. The summed E-state index contributed by atoms with van der Waals surface area (Å²) in [7, 11) is 0. The van der Waals surface area contributed by atoms with Crippen LogP contribution in [0.1, 0.15) is 24.9 Å². The van der Waals surface area contributed by atoms with Gasteiger partial charge in [0.05, 0.1) is 0 Å². The normalized spacial score (nSPS) is 12.9. The molecule has 0 saturated heterocycles. The molecule has 0 aliphatic rings. The predicted octanol–water partition coefficient (Wildman–Crippen LogP) is 1.58. The van der Waals surface area contributed by atoms with E-state index in [0.29, 0.717) is 12.0 Å². The van der Waals surface area contributed by atoms with Gasteiger partial charge in [0, 0.05) is 6.04 Å². The molecule has 1 aromatic carbocycles. The van der Waals surface area contributed by atoms with Crippen molar-refractivity contribution in [2.75, 3.05) is 0 Å². The van der Waals surface area contributed by atoms with Crippen LogP contribution in [0.3, 0.4) is 0 Å². The minimum atomic E-state index is -0.978. The molecule has 0 aromatic heterocycles. The summed E-state index contributed by atoms with van der Waals surface area (Å²) in [6, 6.07) is 1.80. The summed E-state index contributed by atoms with van der Waals surface area (Å²) in [5.41, 5.74) is 2.80. The number of hydrazine groups is 1. The Morgan fingerprint density at radius 3 is 2.29 bits per heavy atom. The Labute approximate surface area is 80.5 Å². The van der Waals surface area contributed by atoms with Crippen LogP contribution in [-0.4, -0.2) is 5.11 Å². The summed E-state index contributed by atoms with van der Waals surface area (Å²) in [5, 5.41) is 8.86. The molecule has 0 bridgehead atoms. The van der Waals surface area contributed by atoms with E-state index in [2.05, 4.69) is 5.43 Å². The van der Waals surface area contributed by atoms with Gasteiger partial charge in [-0.3, -0.25) is 11.3 Å². The molecule has 5 heteroatoms. The minimum Gasteiger partial charge on any atom is -0.503 e. The first kappa shape index (κ1) is 10.9. The molecule has 0 saturated carbocycles. The van der Waals surface area contributed by atoms with Crippen LogP contribution in [-0.2, 0) is 0 Å². The molecule has 0 aliphatic heterocycles. The maximum absolute atomic E-state index is 12.9. The number of aromatic hydroxyl groups is 1. The van der Waals surface area contributed by atoms with Crippen molar-refractivity contribution in [3.05, 3.63) is 29.3 Å². The second-order valence-electron chi connectivity index (χ2n) is 2.96. The molecule has 3 nitrogen and oxygen atoms in total. The molecule has 0 spiro atoms. The van der Waals surface area contributed by atoms with Gasteiger partial charge in [0.15, 0.2) is 17.4 Å². The molecule has 0 heterocycles. The van der Waals surface area contributed by atoms with Crippen molar-refractivity contribution in [1.82, 2.24) is 5.43 Å². The maximum Gasteiger partial charge on any atom is 0.187 e. The van der Waals surface area contributed by atoms with Crippen LogP contribution in [0.25, 0.3) is 0 Å². The molecule has 78 valence electrons. The van der Waals surface area contributed by atoms with E-state index in [1.54, 1.807) is 0 Å². The second-order valence-corrected chi connectivity index (χ2v) is 2.96.